The van der Waals surface area contributed by atoms with E-state index in [9.17, 15) is 0 Å². The van der Waals surface area contributed by atoms with Gasteiger partial charge in [-0.25, -0.2) is 0 Å². The summed E-state index contributed by atoms with van der Waals surface area (Å²) in [5, 5.41) is 3.56. The van der Waals surface area contributed by atoms with E-state index in [2.05, 4.69) is 49.5 Å². The molecular formula is C13H19N. The van der Waals surface area contributed by atoms with Gasteiger partial charge in [0.2, 0.25) is 0 Å². The summed E-state index contributed by atoms with van der Waals surface area (Å²) in [6.07, 6.45) is 13.7. The second-order valence-corrected chi connectivity index (χ2v) is 4.69. The lowest BCUT2D eigenvalue weighted by Gasteiger charge is -2.41. The third-order valence-electron chi connectivity index (χ3n) is 3.26. The van der Waals surface area contributed by atoms with Gasteiger partial charge in [0.25, 0.3) is 0 Å². The molecule has 1 N–H and O–H groups in total. The Kier molecular flexibility index (Phi) is 2.49. The minimum absolute atomic E-state index is 0.399. The number of hydrogen-bond donors (Lipinski definition) is 1. The van der Waals surface area contributed by atoms with Gasteiger partial charge in [-0.1, -0.05) is 31.2 Å². The molecule has 0 aromatic rings. The SMILES string of the molecule is C/C=C\C=C1/NC[C@]2(C)C=CCC1C2. The van der Waals surface area contributed by atoms with E-state index >= 15 is 0 Å². The molecule has 1 heteroatoms. The summed E-state index contributed by atoms with van der Waals surface area (Å²) < 4.78 is 0. The number of allylic oxidation sites excluding steroid dienone is 5. The summed E-state index contributed by atoms with van der Waals surface area (Å²) in [5.41, 5.74) is 1.82. The molecule has 2 aliphatic rings. The Balaban J connectivity index is 2.17. The molecule has 1 saturated heterocycles. The van der Waals surface area contributed by atoms with E-state index in [1.165, 1.54) is 18.5 Å². The van der Waals surface area contributed by atoms with Crippen molar-refractivity contribution in [3.63, 3.8) is 0 Å². The van der Waals surface area contributed by atoms with Crippen molar-refractivity contribution in [2.24, 2.45) is 11.3 Å². The van der Waals surface area contributed by atoms with Crippen LogP contribution in [0.4, 0.5) is 0 Å². The van der Waals surface area contributed by atoms with Crippen molar-refractivity contribution in [2.75, 3.05) is 6.54 Å². The second-order valence-electron chi connectivity index (χ2n) is 4.69. The fourth-order valence-corrected chi connectivity index (χ4v) is 2.44. The Morgan fingerprint density at radius 1 is 1.57 bits per heavy atom. The number of fused-ring (bicyclic) bond motifs is 2. The van der Waals surface area contributed by atoms with E-state index in [0.717, 1.165) is 12.5 Å². The zero-order valence-electron chi connectivity index (χ0n) is 9.09. The molecule has 0 aromatic heterocycles. The fourth-order valence-electron chi connectivity index (χ4n) is 2.44. The zero-order valence-corrected chi connectivity index (χ0v) is 9.09. The van der Waals surface area contributed by atoms with E-state index in [-0.39, 0.29) is 0 Å². The molecule has 1 aliphatic heterocycles. The first-order valence-corrected chi connectivity index (χ1v) is 5.48. The average molecular weight is 189 g/mol. The Morgan fingerprint density at radius 3 is 3.21 bits per heavy atom. The van der Waals surface area contributed by atoms with Crippen LogP contribution in [0.25, 0.3) is 0 Å². The second kappa shape index (κ2) is 3.64. The average Bonchev–Trinajstić information content (AvgIpc) is 2.17. The van der Waals surface area contributed by atoms with Crippen LogP contribution in [0, 0.1) is 11.3 Å². The molecule has 1 unspecified atom stereocenters. The molecule has 0 radical (unpaired) electrons. The van der Waals surface area contributed by atoms with Crippen LogP contribution in [0.15, 0.2) is 36.1 Å². The van der Waals surface area contributed by atoms with Crippen LogP contribution >= 0.6 is 0 Å². The van der Waals surface area contributed by atoms with Gasteiger partial charge in [0.05, 0.1) is 0 Å². The van der Waals surface area contributed by atoms with Gasteiger partial charge in [0.1, 0.15) is 0 Å². The van der Waals surface area contributed by atoms with E-state index < -0.39 is 0 Å². The summed E-state index contributed by atoms with van der Waals surface area (Å²) in [7, 11) is 0. The van der Waals surface area contributed by atoms with Gasteiger partial charge in [-0.05, 0) is 25.8 Å². The van der Waals surface area contributed by atoms with Crippen LogP contribution < -0.4 is 5.32 Å². The molecule has 0 aromatic carbocycles. The molecule has 76 valence electrons. The third kappa shape index (κ3) is 1.77. The first-order valence-electron chi connectivity index (χ1n) is 5.48. The highest BCUT2D eigenvalue weighted by Gasteiger charge is 2.34. The van der Waals surface area contributed by atoms with Gasteiger partial charge >= 0.3 is 0 Å². The van der Waals surface area contributed by atoms with Crippen molar-refractivity contribution in [3.8, 4) is 0 Å². The lowest BCUT2D eigenvalue weighted by molar-refractivity contribution is 0.255. The molecule has 1 heterocycles. The first kappa shape index (κ1) is 9.57. The molecule has 2 atom stereocenters. The summed E-state index contributed by atoms with van der Waals surface area (Å²) in [5.74, 6) is 0.718. The normalized spacial score (nSPS) is 39.0. The molecule has 14 heavy (non-hydrogen) atoms. The van der Waals surface area contributed by atoms with Crippen LogP contribution in [-0.4, -0.2) is 6.54 Å². The quantitative estimate of drug-likeness (QED) is 0.625. The third-order valence-corrected chi connectivity index (χ3v) is 3.26. The molecule has 2 bridgehead atoms. The molecule has 2 rings (SSSR count). The topological polar surface area (TPSA) is 12.0 Å². The maximum atomic E-state index is 3.56. The lowest BCUT2D eigenvalue weighted by Crippen LogP contribution is -2.41. The minimum Gasteiger partial charge on any atom is -0.387 e. The highest BCUT2D eigenvalue weighted by molar-refractivity contribution is 5.22. The van der Waals surface area contributed by atoms with E-state index in [1.54, 1.807) is 0 Å². The molecule has 1 aliphatic carbocycles. The largest absolute Gasteiger partial charge is 0.387 e. The Bertz CT molecular complexity index is 298. The van der Waals surface area contributed by atoms with Crippen molar-refractivity contribution in [1.82, 2.24) is 5.32 Å². The van der Waals surface area contributed by atoms with Gasteiger partial charge in [0.15, 0.2) is 0 Å². The van der Waals surface area contributed by atoms with Gasteiger partial charge in [-0.3, -0.25) is 0 Å². The van der Waals surface area contributed by atoms with Gasteiger partial charge in [-0.15, -0.1) is 0 Å². The Hall–Kier alpha value is -0.980. The van der Waals surface area contributed by atoms with Gasteiger partial charge in [0, 0.05) is 23.6 Å². The van der Waals surface area contributed by atoms with E-state index in [4.69, 9.17) is 0 Å². The summed E-state index contributed by atoms with van der Waals surface area (Å²) in [4.78, 5) is 0. The molecule has 0 amide bonds. The van der Waals surface area contributed by atoms with Crippen molar-refractivity contribution >= 4 is 0 Å². The summed E-state index contributed by atoms with van der Waals surface area (Å²) in [6, 6.07) is 0. The molecule has 1 fully saturated rings. The Morgan fingerprint density at radius 2 is 2.43 bits per heavy atom. The highest BCUT2D eigenvalue weighted by Crippen LogP contribution is 2.40. The van der Waals surface area contributed by atoms with Gasteiger partial charge in [-0.2, -0.15) is 0 Å². The minimum atomic E-state index is 0.399. The van der Waals surface area contributed by atoms with Crippen LogP contribution in [0.2, 0.25) is 0 Å². The predicted octanol–water partition coefficient (Wildman–Crippen LogP) is 3.02. The van der Waals surface area contributed by atoms with Crippen LogP contribution in [0.3, 0.4) is 0 Å². The Labute approximate surface area is 86.6 Å². The molecule has 0 saturated carbocycles. The van der Waals surface area contributed by atoms with E-state index in [0.29, 0.717) is 5.41 Å². The lowest BCUT2D eigenvalue weighted by atomic mass is 9.71. The number of hydrogen-bond acceptors (Lipinski definition) is 1. The standard InChI is InChI=1S/C13H19N/c1-3-4-7-12-11-6-5-8-13(2,9-11)10-14-12/h3-5,7-8,11,14H,6,9-10H2,1-2H3/b4-3-,12-7-/t11?,13-/m1/s1. The van der Waals surface area contributed by atoms with Crippen molar-refractivity contribution < 1.29 is 0 Å². The molecule has 0 spiro atoms. The monoisotopic (exact) mass is 189 g/mol. The fraction of sp³-hybridized carbons (Fsp3) is 0.538. The maximum absolute atomic E-state index is 3.56. The smallest absolute Gasteiger partial charge is 0.0232 e. The van der Waals surface area contributed by atoms with Crippen LogP contribution in [0.1, 0.15) is 26.7 Å². The zero-order chi connectivity index (χ0) is 10.0. The van der Waals surface area contributed by atoms with Crippen molar-refractivity contribution in [1.29, 1.82) is 0 Å². The first-order chi connectivity index (χ1) is 6.73. The highest BCUT2D eigenvalue weighted by atomic mass is 14.9. The molecular weight excluding hydrogens is 170 g/mol. The summed E-state index contributed by atoms with van der Waals surface area (Å²) in [6.45, 7) is 5.49. The summed E-state index contributed by atoms with van der Waals surface area (Å²) >= 11 is 0. The number of piperidine rings is 1. The number of nitrogens with one attached hydrogen (secondary N) is 1. The van der Waals surface area contributed by atoms with Crippen molar-refractivity contribution in [3.05, 3.63) is 36.1 Å². The van der Waals surface area contributed by atoms with Crippen LogP contribution in [0.5, 0.6) is 0 Å². The van der Waals surface area contributed by atoms with E-state index in [1.807, 2.05) is 0 Å². The van der Waals surface area contributed by atoms with Crippen LogP contribution in [-0.2, 0) is 0 Å². The van der Waals surface area contributed by atoms with Gasteiger partial charge < -0.3 is 5.32 Å². The van der Waals surface area contributed by atoms with Crippen molar-refractivity contribution in [2.45, 2.75) is 26.7 Å². The molecule has 1 nitrogen and oxygen atoms in total. The maximum Gasteiger partial charge on any atom is 0.0232 e. The number of rotatable bonds is 1. The predicted molar refractivity (Wildman–Crippen MR) is 60.9 cm³/mol.